The predicted molar refractivity (Wildman–Crippen MR) is 65.3 cm³/mol. The minimum absolute atomic E-state index is 0.0282. The van der Waals surface area contributed by atoms with Gasteiger partial charge in [0.2, 0.25) is 5.91 Å². The van der Waals surface area contributed by atoms with Gasteiger partial charge in [0, 0.05) is 19.0 Å². The largest absolute Gasteiger partial charge is 0.353 e. The summed E-state index contributed by atoms with van der Waals surface area (Å²) in [6, 6.07) is -0.0906. The number of amides is 1. The van der Waals surface area contributed by atoms with E-state index >= 15 is 0 Å². The molecule has 5 nitrogen and oxygen atoms in total. The summed E-state index contributed by atoms with van der Waals surface area (Å²) in [5, 5.41) is 2.82. The maximum absolute atomic E-state index is 11.6. The van der Waals surface area contributed by atoms with Crippen LogP contribution in [0.4, 0.5) is 0 Å². The van der Waals surface area contributed by atoms with Crippen molar-refractivity contribution in [1.29, 1.82) is 0 Å². The molecule has 0 saturated carbocycles. The third-order valence-corrected chi connectivity index (χ3v) is 2.87. The Morgan fingerprint density at radius 3 is 2.65 bits per heavy atom. The van der Waals surface area contributed by atoms with E-state index in [0.717, 1.165) is 0 Å². The molecule has 0 aromatic carbocycles. The fraction of sp³-hybridized carbons (Fsp3) is 0.917. The van der Waals surface area contributed by atoms with E-state index in [1.807, 2.05) is 27.7 Å². The highest BCUT2D eigenvalue weighted by Crippen LogP contribution is 2.21. The molecule has 0 aromatic heterocycles. The molecule has 1 saturated heterocycles. The topological polar surface area (TPSA) is 73.6 Å². The van der Waals surface area contributed by atoms with Crippen LogP contribution in [0.3, 0.4) is 0 Å². The molecular formula is C12H24N2O3. The van der Waals surface area contributed by atoms with Gasteiger partial charge in [0.1, 0.15) is 6.10 Å². The lowest BCUT2D eigenvalue weighted by Gasteiger charge is -2.18. The molecule has 1 heterocycles. The lowest BCUT2D eigenvalue weighted by Crippen LogP contribution is -2.39. The van der Waals surface area contributed by atoms with Gasteiger partial charge in [0.05, 0.1) is 6.61 Å². The maximum atomic E-state index is 11.6. The van der Waals surface area contributed by atoms with Gasteiger partial charge < -0.3 is 20.5 Å². The zero-order valence-corrected chi connectivity index (χ0v) is 11.2. The van der Waals surface area contributed by atoms with Gasteiger partial charge in [-0.2, -0.15) is 0 Å². The molecule has 1 rings (SSSR count). The number of carbonyl (C=O) groups is 1. The molecule has 0 aliphatic carbocycles. The van der Waals surface area contributed by atoms with E-state index in [1.165, 1.54) is 0 Å². The van der Waals surface area contributed by atoms with E-state index in [0.29, 0.717) is 25.5 Å². The highest BCUT2D eigenvalue weighted by molar-refractivity contribution is 5.76. The lowest BCUT2D eigenvalue weighted by atomic mass is 10.0. The van der Waals surface area contributed by atoms with Crippen molar-refractivity contribution in [1.82, 2.24) is 5.32 Å². The van der Waals surface area contributed by atoms with E-state index in [2.05, 4.69) is 5.32 Å². The zero-order valence-electron chi connectivity index (χ0n) is 11.2. The average Bonchev–Trinajstić information content (AvgIpc) is 2.55. The first-order chi connectivity index (χ1) is 7.80. The summed E-state index contributed by atoms with van der Waals surface area (Å²) in [7, 11) is 0. The van der Waals surface area contributed by atoms with Gasteiger partial charge in [-0.05, 0) is 19.8 Å². The highest BCUT2D eigenvalue weighted by atomic mass is 16.7. The van der Waals surface area contributed by atoms with Gasteiger partial charge in [-0.15, -0.1) is 0 Å². The number of nitrogens with two attached hydrogens (primary N) is 1. The smallest absolute Gasteiger partial charge is 0.221 e. The van der Waals surface area contributed by atoms with E-state index in [1.54, 1.807) is 0 Å². The van der Waals surface area contributed by atoms with Crippen LogP contribution in [0.2, 0.25) is 0 Å². The third-order valence-electron chi connectivity index (χ3n) is 2.87. The Morgan fingerprint density at radius 1 is 1.53 bits per heavy atom. The van der Waals surface area contributed by atoms with Gasteiger partial charge in [0.25, 0.3) is 0 Å². The molecule has 2 atom stereocenters. The molecule has 1 fully saturated rings. The quantitative estimate of drug-likeness (QED) is 0.744. The molecule has 5 heteroatoms. The van der Waals surface area contributed by atoms with Crippen molar-refractivity contribution in [3.63, 3.8) is 0 Å². The van der Waals surface area contributed by atoms with Crippen LogP contribution in [0, 0.1) is 5.92 Å². The molecule has 0 spiro atoms. The SMILES string of the molecule is CC(C)C(N)CC(=O)NCC1COC(C)(C)O1. The van der Waals surface area contributed by atoms with Crippen LogP contribution in [0.25, 0.3) is 0 Å². The number of rotatable bonds is 5. The van der Waals surface area contributed by atoms with Crippen molar-refractivity contribution in [2.24, 2.45) is 11.7 Å². The maximum Gasteiger partial charge on any atom is 0.221 e. The second kappa shape index (κ2) is 5.80. The second-order valence-corrected chi connectivity index (χ2v) is 5.37. The first-order valence-corrected chi connectivity index (χ1v) is 6.14. The molecular weight excluding hydrogens is 220 g/mol. The fourth-order valence-electron chi connectivity index (χ4n) is 1.61. The minimum Gasteiger partial charge on any atom is -0.353 e. The van der Waals surface area contributed by atoms with Gasteiger partial charge in [-0.25, -0.2) is 0 Å². The molecule has 1 aliphatic heterocycles. The Labute approximate surface area is 103 Å². The highest BCUT2D eigenvalue weighted by Gasteiger charge is 2.32. The Balaban J connectivity index is 2.21. The molecule has 0 bridgehead atoms. The Hall–Kier alpha value is -0.650. The van der Waals surface area contributed by atoms with E-state index in [-0.39, 0.29) is 18.1 Å². The number of nitrogens with one attached hydrogen (secondary N) is 1. The van der Waals surface area contributed by atoms with Crippen LogP contribution in [-0.2, 0) is 14.3 Å². The van der Waals surface area contributed by atoms with Crippen LogP contribution in [0.5, 0.6) is 0 Å². The third kappa shape index (κ3) is 5.02. The van der Waals surface area contributed by atoms with E-state index in [4.69, 9.17) is 15.2 Å². The number of ether oxygens (including phenoxy) is 2. The van der Waals surface area contributed by atoms with Crippen LogP contribution in [0.1, 0.15) is 34.1 Å². The summed E-state index contributed by atoms with van der Waals surface area (Å²) >= 11 is 0. The molecule has 100 valence electrons. The van der Waals surface area contributed by atoms with Crippen molar-refractivity contribution >= 4 is 5.91 Å². The monoisotopic (exact) mass is 244 g/mol. The summed E-state index contributed by atoms with van der Waals surface area (Å²) in [5.41, 5.74) is 5.83. The summed E-state index contributed by atoms with van der Waals surface area (Å²) in [6.45, 7) is 8.74. The fourth-order valence-corrected chi connectivity index (χ4v) is 1.61. The van der Waals surface area contributed by atoms with E-state index in [9.17, 15) is 4.79 Å². The van der Waals surface area contributed by atoms with Crippen molar-refractivity contribution in [3.05, 3.63) is 0 Å². The normalized spacial score (nSPS) is 24.9. The van der Waals surface area contributed by atoms with Gasteiger partial charge in [-0.3, -0.25) is 4.79 Å². The molecule has 0 radical (unpaired) electrons. The zero-order chi connectivity index (χ0) is 13.1. The van der Waals surface area contributed by atoms with E-state index < -0.39 is 5.79 Å². The number of carbonyl (C=O) groups excluding carboxylic acids is 1. The van der Waals surface area contributed by atoms with Crippen LogP contribution in [0.15, 0.2) is 0 Å². The summed E-state index contributed by atoms with van der Waals surface area (Å²) in [5.74, 6) is -0.255. The predicted octanol–water partition coefficient (Wildman–Crippen LogP) is 0.628. The Morgan fingerprint density at radius 2 is 2.18 bits per heavy atom. The molecule has 2 unspecified atom stereocenters. The van der Waals surface area contributed by atoms with Gasteiger partial charge >= 0.3 is 0 Å². The molecule has 0 aromatic rings. The van der Waals surface area contributed by atoms with Crippen LogP contribution < -0.4 is 11.1 Å². The summed E-state index contributed by atoms with van der Waals surface area (Å²) < 4.78 is 11.0. The summed E-state index contributed by atoms with van der Waals surface area (Å²) in [6.07, 6.45) is 0.290. The summed E-state index contributed by atoms with van der Waals surface area (Å²) in [4.78, 5) is 11.6. The molecule has 1 aliphatic rings. The molecule has 1 amide bonds. The molecule has 17 heavy (non-hydrogen) atoms. The molecule has 3 N–H and O–H groups in total. The van der Waals surface area contributed by atoms with Gasteiger partial charge in [-0.1, -0.05) is 13.8 Å². The Bertz CT molecular complexity index is 266. The van der Waals surface area contributed by atoms with Gasteiger partial charge in [0.15, 0.2) is 5.79 Å². The van der Waals surface area contributed by atoms with Crippen molar-refractivity contribution < 1.29 is 14.3 Å². The number of hydrogen-bond donors (Lipinski definition) is 2. The lowest BCUT2D eigenvalue weighted by molar-refractivity contribution is -0.139. The second-order valence-electron chi connectivity index (χ2n) is 5.37. The van der Waals surface area contributed by atoms with Crippen molar-refractivity contribution in [3.8, 4) is 0 Å². The Kier molecular flexibility index (Phi) is 4.91. The van der Waals surface area contributed by atoms with Crippen LogP contribution >= 0.6 is 0 Å². The van der Waals surface area contributed by atoms with Crippen LogP contribution in [-0.4, -0.2) is 37.0 Å². The first kappa shape index (κ1) is 14.4. The van der Waals surface area contributed by atoms with Crippen molar-refractivity contribution in [2.45, 2.75) is 52.0 Å². The first-order valence-electron chi connectivity index (χ1n) is 6.14. The van der Waals surface area contributed by atoms with Crippen molar-refractivity contribution in [2.75, 3.05) is 13.2 Å². The standard InChI is InChI=1S/C12H24N2O3/c1-8(2)10(13)5-11(15)14-6-9-7-16-12(3,4)17-9/h8-10H,5-7,13H2,1-4H3,(H,14,15). The average molecular weight is 244 g/mol. The number of hydrogen-bond acceptors (Lipinski definition) is 4. The minimum atomic E-state index is -0.538.